The quantitative estimate of drug-likeness (QED) is 0.785. The largest absolute Gasteiger partial charge is 0.423 e. The molecule has 1 aliphatic rings. The molecule has 0 saturated carbocycles. The fourth-order valence-corrected chi connectivity index (χ4v) is 2.88. The predicted molar refractivity (Wildman–Crippen MR) is 73.6 cm³/mol. The van der Waals surface area contributed by atoms with Crippen molar-refractivity contribution < 1.29 is 4.42 Å². The van der Waals surface area contributed by atoms with Crippen LogP contribution in [0.25, 0.3) is 11.1 Å². The lowest BCUT2D eigenvalue weighted by molar-refractivity contribution is 0.343. The zero-order valence-electron chi connectivity index (χ0n) is 10.9. The van der Waals surface area contributed by atoms with Crippen LogP contribution in [0.15, 0.2) is 22.6 Å². The van der Waals surface area contributed by atoms with Crippen LogP contribution in [-0.2, 0) is 0 Å². The SMILES string of the molecule is CC1CC(C)CN(c2nc3ccc(N)cc3o2)C1. The Kier molecular flexibility index (Phi) is 2.65. The summed E-state index contributed by atoms with van der Waals surface area (Å²) in [5.41, 5.74) is 8.12. The van der Waals surface area contributed by atoms with E-state index in [1.807, 2.05) is 18.2 Å². The van der Waals surface area contributed by atoms with E-state index < -0.39 is 0 Å². The number of hydrogen-bond acceptors (Lipinski definition) is 4. The average Bonchev–Trinajstić information content (AvgIpc) is 2.70. The van der Waals surface area contributed by atoms with Crippen LogP contribution in [-0.4, -0.2) is 18.1 Å². The van der Waals surface area contributed by atoms with E-state index in [9.17, 15) is 0 Å². The maximum atomic E-state index is 5.82. The summed E-state index contributed by atoms with van der Waals surface area (Å²) < 4.78 is 5.82. The van der Waals surface area contributed by atoms with E-state index in [1.54, 1.807) is 0 Å². The predicted octanol–water partition coefficient (Wildman–Crippen LogP) is 2.89. The molecule has 1 saturated heterocycles. The van der Waals surface area contributed by atoms with E-state index in [1.165, 1.54) is 6.42 Å². The number of anilines is 2. The van der Waals surface area contributed by atoms with Gasteiger partial charge >= 0.3 is 0 Å². The molecule has 0 amide bonds. The van der Waals surface area contributed by atoms with Gasteiger partial charge in [-0.2, -0.15) is 4.98 Å². The highest BCUT2D eigenvalue weighted by molar-refractivity contribution is 5.78. The Hall–Kier alpha value is -1.71. The first-order chi connectivity index (χ1) is 8.61. The van der Waals surface area contributed by atoms with Crippen LogP contribution in [0.5, 0.6) is 0 Å². The van der Waals surface area contributed by atoms with Crippen molar-refractivity contribution in [2.24, 2.45) is 11.8 Å². The lowest BCUT2D eigenvalue weighted by Gasteiger charge is -2.33. The lowest BCUT2D eigenvalue weighted by Crippen LogP contribution is -2.38. The minimum Gasteiger partial charge on any atom is -0.423 e. The van der Waals surface area contributed by atoms with Gasteiger partial charge in [0.25, 0.3) is 6.01 Å². The molecule has 0 radical (unpaired) electrons. The number of nitrogen functional groups attached to an aromatic ring is 1. The first-order valence-electron chi connectivity index (χ1n) is 6.53. The third-order valence-corrected chi connectivity index (χ3v) is 3.54. The van der Waals surface area contributed by atoms with Gasteiger partial charge in [0.15, 0.2) is 5.58 Å². The van der Waals surface area contributed by atoms with Gasteiger partial charge in [-0.05, 0) is 30.4 Å². The summed E-state index contributed by atoms with van der Waals surface area (Å²) in [5.74, 6) is 1.38. The monoisotopic (exact) mass is 245 g/mol. The number of oxazole rings is 1. The molecule has 2 aromatic rings. The zero-order valence-corrected chi connectivity index (χ0v) is 10.9. The fraction of sp³-hybridized carbons (Fsp3) is 0.500. The first-order valence-corrected chi connectivity index (χ1v) is 6.53. The normalized spacial score (nSPS) is 24.7. The Morgan fingerprint density at radius 3 is 2.72 bits per heavy atom. The van der Waals surface area contributed by atoms with E-state index in [0.717, 1.165) is 30.2 Å². The van der Waals surface area contributed by atoms with Gasteiger partial charge in [0.05, 0.1) is 0 Å². The van der Waals surface area contributed by atoms with E-state index >= 15 is 0 Å². The smallest absolute Gasteiger partial charge is 0.298 e. The molecule has 1 aromatic heterocycles. The highest BCUT2D eigenvalue weighted by Crippen LogP contribution is 2.29. The third-order valence-electron chi connectivity index (χ3n) is 3.54. The summed E-state index contributed by atoms with van der Waals surface area (Å²) in [7, 11) is 0. The van der Waals surface area contributed by atoms with Crippen molar-refractivity contribution in [1.82, 2.24) is 4.98 Å². The average molecular weight is 245 g/mol. The van der Waals surface area contributed by atoms with Crippen molar-refractivity contribution >= 4 is 22.8 Å². The van der Waals surface area contributed by atoms with Crippen molar-refractivity contribution in [3.8, 4) is 0 Å². The van der Waals surface area contributed by atoms with E-state index in [-0.39, 0.29) is 0 Å². The second kappa shape index (κ2) is 4.19. The molecule has 1 fully saturated rings. The van der Waals surface area contributed by atoms with Crippen molar-refractivity contribution in [2.75, 3.05) is 23.7 Å². The van der Waals surface area contributed by atoms with E-state index in [0.29, 0.717) is 17.5 Å². The molecule has 1 aromatic carbocycles. The number of fused-ring (bicyclic) bond motifs is 1. The number of piperidine rings is 1. The first kappa shape index (κ1) is 11.4. The Balaban J connectivity index is 1.93. The summed E-state index contributed by atoms with van der Waals surface area (Å²) in [6, 6.07) is 6.33. The summed E-state index contributed by atoms with van der Waals surface area (Å²) in [4.78, 5) is 6.80. The van der Waals surface area contributed by atoms with Gasteiger partial charge in [0.1, 0.15) is 5.52 Å². The number of rotatable bonds is 1. The molecule has 1 aliphatic heterocycles. The van der Waals surface area contributed by atoms with Crippen molar-refractivity contribution in [3.63, 3.8) is 0 Å². The number of hydrogen-bond donors (Lipinski definition) is 1. The van der Waals surface area contributed by atoms with Crippen LogP contribution in [0.2, 0.25) is 0 Å². The van der Waals surface area contributed by atoms with Crippen molar-refractivity contribution in [1.29, 1.82) is 0 Å². The number of nitrogens with two attached hydrogens (primary N) is 1. The second-order valence-electron chi connectivity index (χ2n) is 5.57. The summed E-state index contributed by atoms with van der Waals surface area (Å²) in [6.45, 7) is 6.60. The maximum absolute atomic E-state index is 5.82. The molecular formula is C14H19N3O. The van der Waals surface area contributed by atoms with Crippen molar-refractivity contribution in [3.05, 3.63) is 18.2 Å². The number of nitrogens with zero attached hydrogens (tertiary/aromatic N) is 2. The Morgan fingerprint density at radius 1 is 1.28 bits per heavy atom. The molecule has 0 bridgehead atoms. The molecule has 18 heavy (non-hydrogen) atoms. The molecule has 96 valence electrons. The summed E-state index contributed by atoms with van der Waals surface area (Å²) in [6.07, 6.45) is 1.28. The molecule has 2 heterocycles. The fourth-order valence-electron chi connectivity index (χ4n) is 2.88. The van der Waals surface area contributed by atoms with Gasteiger partial charge in [-0.1, -0.05) is 13.8 Å². The topological polar surface area (TPSA) is 55.3 Å². The van der Waals surface area contributed by atoms with E-state index in [2.05, 4.69) is 23.7 Å². The molecule has 2 atom stereocenters. The van der Waals surface area contributed by atoms with E-state index in [4.69, 9.17) is 10.2 Å². The Morgan fingerprint density at radius 2 is 2.00 bits per heavy atom. The molecule has 4 heteroatoms. The minimum atomic E-state index is 0.689. The van der Waals surface area contributed by atoms with Crippen LogP contribution < -0.4 is 10.6 Å². The van der Waals surface area contributed by atoms with Crippen LogP contribution in [0.1, 0.15) is 20.3 Å². The van der Waals surface area contributed by atoms with Gasteiger partial charge in [-0.25, -0.2) is 0 Å². The molecule has 0 aliphatic carbocycles. The summed E-state index contributed by atoms with van der Waals surface area (Å²) in [5, 5.41) is 0. The molecular weight excluding hydrogens is 226 g/mol. The molecule has 2 N–H and O–H groups in total. The highest BCUT2D eigenvalue weighted by Gasteiger charge is 2.25. The Bertz CT molecular complexity index is 553. The Labute approximate surface area is 107 Å². The van der Waals surface area contributed by atoms with Gasteiger partial charge in [-0.15, -0.1) is 0 Å². The minimum absolute atomic E-state index is 0.689. The third kappa shape index (κ3) is 2.03. The molecule has 0 spiro atoms. The van der Waals surface area contributed by atoms with Gasteiger partial charge in [0.2, 0.25) is 0 Å². The van der Waals surface area contributed by atoms with Crippen molar-refractivity contribution in [2.45, 2.75) is 20.3 Å². The molecule has 4 nitrogen and oxygen atoms in total. The zero-order chi connectivity index (χ0) is 12.7. The van der Waals surface area contributed by atoms with Gasteiger partial charge in [0, 0.05) is 24.8 Å². The second-order valence-corrected chi connectivity index (χ2v) is 5.57. The van der Waals surface area contributed by atoms with Crippen LogP contribution >= 0.6 is 0 Å². The summed E-state index contributed by atoms with van der Waals surface area (Å²) >= 11 is 0. The maximum Gasteiger partial charge on any atom is 0.298 e. The van der Waals surface area contributed by atoms with Crippen LogP contribution in [0, 0.1) is 11.8 Å². The number of aromatic nitrogens is 1. The van der Waals surface area contributed by atoms with Crippen LogP contribution in [0.4, 0.5) is 11.7 Å². The molecule has 2 unspecified atom stereocenters. The number of benzene rings is 1. The van der Waals surface area contributed by atoms with Crippen LogP contribution in [0.3, 0.4) is 0 Å². The molecule has 3 rings (SSSR count). The highest BCUT2D eigenvalue weighted by atomic mass is 16.4. The van der Waals surface area contributed by atoms with Gasteiger partial charge in [-0.3, -0.25) is 0 Å². The lowest BCUT2D eigenvalue weighted by atomic mass is 9.92. The standard InChI is InChI=1S/C14H19N3O/c1-9-5-10(2)8-17(7-9)14-16-12-4-3-11(15)6-13(12)18-14/h3-4,6,9-10H,5,7-8,15H2,1-2H3. The van der Waals surface area contributed by atoms with Gasteiger partial charge < -0.3 is 15.1 Å².